The Labute approximate surface area is 121 Å². The molecule has 0 spiro atoms. The maximum absolute atomic E-state index is 12.1. The summed E-state index contributed by atoms with van der Waals surface area (Å²) in [7, 11) is 1.68. The number of nitrogens with one attached hydrogen (secondary N) is 1. The normalized spacial score (nSPS) is 16.9. The number of carbonyl (C=O) groups excluding carboxylic acids is 1. The number of carbonyl (C=O) groups is 1. The molecule has 1 aromatic rings. The molecule has 0 saturated heterocycles. The van der Waals surface area contributed by atoms with Gasteiger partial charge in [0.15, 0.2) is 0 Å². The molecule has 20 heavy (non-hydrogen) atoms. The molecule has 1 aliphatic rings. The van der Waals surface area contributed by atoms with E-state index in [9.17, 15) is 4.79 Å². The molecule has 1 aliphatic carbocycles. The molecule has 0 bridgehead atoms. The van der Waals surface area contributed by atoms with Gasteiger partial charge in [-0.1, -0.05) is 38.3 Å². The van der Waals surface area contributed by atoms with Crippen LogP contribution >= 0.6 is 0 Å². The first-order chi connectivity index (χ1) is 9.70. The van der Waals surface area contributed by atoms with Gasteiger partial charge < -0.3 is 10.1 Å². The fourth-order valence-electron chi connectivity index (χ4n) is 3.05. The minimum absolute atomic E-state index is 0.177. The Morgan fingerprint density at radius 3 is 2.75 bits per heavy atom. The van der Waals surface area contributed by atoms with Crippen LogP contribution in [0.4, 0.5) is 0 Å². The molecule has 0 heterocycles. The van der Waals surface area contributed by atoms with Gasteiger partial charge in [0.1, 0.15) is 5.75 Å². The van der Waals surface area contributed by atoms with Gasteiger partial charge >= 0.3 is 0 Å². The number of unbranched alkanes of at least 4 members (excludes halogenated alkanes) is 1. The van der Waals surface area contributed by atoms with Crippen molar-refractivity contribution in [1.82, 2.24) is 5.32 Å². The summed E-state index contributed by atoms with van der Waals surface area (Å²) in [5.41, 5.74) is 0.999. The van der Waals surface area contributed by atoms with Gasteiger partial charge in [0.05, 0.1) is 12.6 Å². The van der Waals surface area contributed by atoms with E-state index in [0.29, 0.717) is 6.42 Å². The first-order valence-corrected chi connectivity index (χ1v) is 7.66. The second-order valence-electron chi connectivity index (χ2n) is 5.67. The molecule has 0 unspecified atom stereocenters. The predicted molar refractivity (Wildman–Crippen MR) is 80.8 cm³/mol. The molecule has 110 valence electrons. The summed E-state index contributed by atoms with van der Waals surface area (Å²) in [4.78, 5) is 12.1. The van der Waals surface area contributed by atoms with Crippen molar-refractivity contribution in [3.8, 4) is 5.75 Å². The lowest BCUT2D eigenvalue weighted by molar-refractivity contribution is -0.123. The molecule has 0 aliphatic heterocycles. The van der Waals surface area contributed by atoms with Crippen molar-refractivity contribution in [2.24, 2.45) is 0 Å². The van der Waals surface area contributed by atoms with E-state index in [1.54, 1.807) is 7.11 Å². The van der Waals surface area contributed by atoms with Crippen LogP contribution in [0, 0.1) is 0 Å². The average Bonchev–Trinajstić information content (AvgIpc) is 2.95. The maximum Gasteiger partial charge on any atom is 0.220 e. The van der Waals surface area contributed by atoms with E-state index < -0.39 is 0 Å². The molecule has 3 nitrogen and oxygen atoms in total. The summed E-state index contributed by atoms with van der Waals surface area (Å²) >= 11 is 0. The van der Waals surface area contributed by atoms with E-state index in [-0.39, 0.29) is 11.4 Å². The summed E-state index contributed by atoms with van der Waals surface area (Å²) in [5.74, 6) is 1.04. The molecule has 1 amide bonds. The highest BCUT2D eigenvalue weighted by Gasteiger charge is 2.36. The second kappa shape index (κ2) is 6.78. The van der Waals surface area contributed by atoms with Crippen LogP contribution in [0.5, 0.6) is 5.75 Å². The summed E-state index contributed by atoms with van der Waals surface area (Å²) in [6.07, 6.45) is 7.04. The van der Waals surface area contributed by atoms with Gasteiger partial charge in [-0.25, -0.2) is 0 Å². The van der Waals surface area contributed by atoms with Crippen molar-refractivity contribution in [1.29, 1.82) is 0 Å². The van der Waals surface area contributed by atoms with Crippen molar-refractivity contribution < 1.29 is 9.53 Å². The second-order valence-corrected chi connectivity index (χ2v) is 5.67. The molecule has 1 saturated carbocycles. The molecule has 0 aromatic heterocycles. The number of ether oxygens (including phenoxy) is 1. The van der Waals surface area contributed by atoms with E-state index >= 15 is 0 Å². The van der Waals surface area contributed by atoms with Crippen molar-refractivity contribution in [2.45, 2.75) is 57.4 Å². The lowest BCUT2D eigenvalue weighted by Crippen LogP contribution is -2.43. The quantitative estimate of drug-likeness (QED) is 0.858. The first kappa shape index (κ1) is 14.9. The third-order valence-corrected chi connectivity index (χ3v) is 4.22. The fraction of sp³-hybridized carbons (Fsp3) is 0.588. The van der Waals surface area contributed by atoms with Crippen LogP contribution in [0.1, 0.15) is 57.4 Å². The molecule has 1 N–H and O–H groups in total. The van der Waals surface area contributed by atoms with Gasteiger partial charge in [0, 0.05) is 6.42 Å². The number of hydrogen-bond acceptors (Lipinski definition) is 2. The standard InChI is InChI=1S/C17H25NO2/c1-3-4-10-16(19)18-17(11-5-6-12-17)14-8-7-9-15(13-14)20-2/h7-9,13H,3-6,10-12H2,1-2H3,(H,18,19). The Morgan fingerprint density at radius 1 is 1.35 bits per heavy atom. The minimum atomic E-state index is -0.181. The average molecular weight is 275 g/mol. The third kappa shape index (κ3) is 3.33. The number of methoxy groups -OCH3 is 1. The first-order valence-electron chi connectivity index (χ1n) is 7.66. The van der Waals surface area contributed by atoms with Crippen LogP contribution < -0.4 is 10.1 Å². The fourth-order valence-corrected chi connectivity index (χ4v) is 3.05. The topological polar surface area (TPSA) is 38.3 Å². The van der Waals surface area contributed by atoms with Crippen LogP contribution in [0.3, 0.4) is 0 Å². The van der Waals surface area contributed by atoms with Gasteiger partial charge in [-0.05, 0) is 37.0 Å². The van der Waals surface area contributed by atoms with E-state index in [1.807, 2.05) is 12.1 Å². The molecule has 2 rings (SSSR count). The molecule has 0 radical (unpaired) electrons. The van der Waals surface area contributed by atoms with Crippen molar-refractivity contribution in [3.63, 3.8) is 0 Å². The Bertz CT molecular complexity index is 450. The summed E-state index contributed by atoms with van der Waals surface area (Å²) in [5, 5.41) is 3.30. The number of rotatable bonds is 6. The zero-order valence-corrected chi connectivity index (χ0v) is 12.6. The predicted octanol–water partition coefficient (Wildman–Crippen LogP) is 3.77. The maximum atomic E-state index is 12.1. The zero-order valence-electron chi connectivity index (χ0n) is 12.6. The van der Waals surface area contributed by atoms with E-state index in [4.69, 9.17) is 4.74 Å². The van der Waals surface area contributed by atoms with E-state index in [2.05, 4.69) is 24.4 Å². The van der Waals surface area contributed by atoms with E-state index in [1.165, 1.54) is 18.4 Å². The Hall–Kier alpha value is -1.51. The van der Waals surface area contributed by atoms with Gasteiger partial charge in [0.25, 0.3) is 0 Å². The van der Waals surface area contributed by atoms with Crippen molar-refractivity contribution in [2.75, 3.05) is 7.11 Å². The van der Waals surface area contributed by atoms with Crippen LogP contribution in [-0.4, -0.2) is 13.0 Å². The molecule has 3 heteroatoms. The van der Waals surface area contributed by atoms with Crippen LogP contribution in [0.25, 0.3) is 0 Å². The lowest BCUT2D eigenvalue weighted by atomic mass is 9.87. The summed E-state index contributed by atoms with van der Waals surface area (Å²) in [6, 6.07) is 8.12. The van der Waals surface area contributed by atoms with Gasteiger partial charge in [-0.3, -0.25) is 4.79 Å². The Morgan fingerprint density at radius 2 is 2.10 bits per heavy atom. The van der Waals surface area contributed by atoms with Crippen LogP contribution in [0.15, 0.2) is 24.3 Å². The summed E-state index contributed by atoms with van der Waals surface area (Å²) < 4.78 is 5.32. The van der Waals surface area contributed by atoms with Gasteiger partial charge in [0.2, 0.25) is 5.91 Å². The zero-order chi connectivity index (χ0) is 14.4. The monoisotopic (exact) mass is 275 g/mol. The van der Waals surface area contributed by atoms with E-state index in [0.717, 1.165) is 31.4 Å². The highest BCUT2D eigenvalue weighted by Crippen LogP contribution is 2.39. The third-order valence-electron chi connectivity index (χ3n) is 4.22. The van der Waals surface area contributed by atoms with Gasteiger partial charge in [-0.15, -0.1) is 0 Å². The molecule has 1 aromatic carbocycles. The van der Waals surface area contributed by atoms with Crippen LogP contribution in [0.2, 0.25) is 0 Å². The summed E-state index contributed by atoms with van der Waals surface area (Å²) in [6.45, 7) is 2.11. The number of amides is 1. The minimum Gasteiger partial charge on any atom is -0.497 e. The largest absolute Gasteiger partial charge is 0.497 e. The number of benzene rings is 1. The number of hydrogen-bond donors (Lipinski definition) is 1. The Balaban J connectivity index is 2.18. The smallest absolute Gasteiger partial charge is 0.220 e. The molecular formula is C17H25NO2. The van der Waals surface area contributed by atoms with Gasteiger partial charge in [-0.2, -0.15) is 0 Å². The molecule has 0 atom stereocenters. The van der Waals surface area contributed by atoms with Crippen molar-refractivity contribution >= 4 is 5.91 Å². The highest BCUT2D eigenvalue weighted by molar-refractivity contribution is 5.77. The Kier molecular flexibility index (Phi) is 5.05. The highest BCUT2D eigenvalue weighted by atomic mass is 16.5. The molecule has 1 fully saturated rings. The molecular weight excluding hydrogens is 250 g/mol. The lowest BCUT2D eigenvalue weighted by Gasteiger charge is -2.31. The van der Waals surface area contributed by atoms with Crippen LogP contribution in [-0.2, 0) is 10.3 Å². The van der Waals surface area contributed by atoms with Crippen molar-refractivity contribution in [3.05, 3.63) is 29.8 Å². The SMILES string of the molecule is CCCCC(=O)NC1(c2cccc(OC)c2)CCCC1.